The van der Waals surface area contributed by atoms with Crippen molar-refractivity contribution in [3.05, 3.63) is 32.0 Å². The van der Waals surface area contributed by atoms with Crippen LogP contribution in [0.2, 0.25) is 0 Å². The minimum atomic E-state index is -7.18. The fourth-order valence-corrected chi connectivity index (χ4v) is 9.56. The topological polar surface area (TPSA) is 111 Å². The second-order valence-electron chi connectivity index (χ2n) is 15.2. The maximum absolute atomic E-state index is 15.2. The standard InChI is InChI=1S/C36H44F8N2O6S2/c1-9-31(3,4)17-11-13-19-21(15-17)53-25(23(19)27(47)51-7)45-29(49)33(37,38)35(41,42)36(43,44)34(39,40)30(50)46-26-24(28(48)52-8)20-14-12-18(16-22(20)54-26)32(5,6)10-2/h17-18H,9-16H2,1-8H3,(H,45,49)(H,46,50). The fourth-order valence-electron chi connectivity index (χ4n) is 6.94. The third-order valence-corrected chi connectivity index (χ3v) is 13.9. The molecule has 2 aromatic rings. The number of nitrogens with one attached hydrogen (secondary N) is 2. The molecule has 0 fully saturated rings. The number of esters is 2. The summed E-state index contributed by atoms with van der Waals surface area (Å²) >= 11 is 1.16. The maximum Gasteiger partial charge on any atom is 0.393 e. The molecule has 0 saturated heterocycles. The number of fused-ring (bicyclic) bond motifs is 2. The van der Waals surface area contributed by atoms with Crippen LogP contribution < -0.4 is 10.6 Å². The summed E-state index contributed by atoms with van der Waals surface area (Å²) in [5.41, 5.74) is -0.710. The number of hydrogen-bond acceptors (Lipinski definition) is 8. The van der Waals surface area contributed by atoms with Crippen LogP contribution in [0.3, 0.4) is 0 Å². The first-order valence-corrected chi connectivity index (χ1v) is 19.0. The number of ether oxygens (including phenoxy) is 2. The van der Waals surface area contributed by atoms with Crippen LogP contribution in [0.25, 0.3) is 0 Å². The Morgan fingerprint density at radius 1 is 0.630 bits per heavy atom. The number of thiophene rings is 2. The molecule has 2 atom stereocenters. The molecule has 2 aliphatic carbocycles. The molecule has 2 aliphatic rings. The van der Waals surface area contributed by atoms with Crippen molar-refractivity contribution in [1.82, 2.24) is 0 Å². The lowest BCUT2D eigenvalue weighted by atomic mass is 9.69. The highest BCUT2D eigenvalue weighted by Crippen LogP contribution is 2.54. The summed E-state index contributed by atoms with van der Waals surface area (Å²) in [5, 5.41) is 1.34. The number of carbonyl (C=O) groups is 4. The van der Waals surface area contributed by atoms with Gasteiger partial charge in [0.25, 0.3) is 0 Å². The normalized spacial score (nSPS) is 18.4. The summed E-state index contributed by atoms with van der Waals surface area (Å²) in [5.74, 6) is -35.9. The first kappa shape index (κ1) is 43.4. The molecule has 0 radical (unpaired) electrons. The molecule has 0 saturated carbocycles. The van der Waals surface area contributed by atoms with Crippen LogP contribution in [-0.2, 0) is 44.7 Å². The van der Waals surface area contributed by atoms with Gasteiger partial charge in [0.2, 0.25) is 0 Å². The van der Waals surface area contributed by atoms with E-state index in [0.717, 1.165) is 27.1 Å². The molecule has 2 amide bonds. The van der Waals surface area contributed by atoms with Crippen molar-refractivity contribution in [2.45, 2.75) is 117 Å². The van der Waals surface area contributed by atoms with Crippen molar-refractivity contribution >= 4 is 56.4 Å². The summed E-state index contributed by atoms with van der Waals surface area (Å²) in [4.78, 5) is 51.7. The van der Waals surface area contributed by atoms with Crippen molar-refractivity contribution in [2.24, 2.45) is 22.7 Å². The zero-order valence-electron chi connectivity index (χ0n) is 31.1. The smallest absolute Gasteiger partial charge is 0.393 e. The molecule has 2 aromatic heterocycles. The van der Waals surface area contributed by atoms with Crippen molar-refractivity contribution in [1.29, 1.82) is 0 Å². The molecule has 0 bridgehead atoms. The lowest BCUT2D eigenvalue weighted by Crippen LogP contribution is -2.67. The highest BCUT2D eigenvalue weighted by Gasteiger charge is 2.84. The molecule has 2 N–H and O–H groups in total. The zero-order chi connectivity index (χ0) is 41.0. The third kappa shape index (κ3) is 7.25. The van der Waals surface area contributed by atoms with Crippen LogP contribution >= 0.6 is 22.7 Å². The molecule has 2 unspecified atom stereocenters. The number of anilines is 2. The number of alkyl halides is 8. The van der Waals surface area contributed by atoms with E-state index in [4.69, 9.17) is 9.47 Å². The Morgan fingerprint density at radius 3 is 1.22 bits per heavy atom. The lowest BCUT2D eigenvalue weighted by Gasteiger charge is -2.36. The van der Waals surface area contributed by atoms with Crippen molar-refractivity contribution in [2.75, 3.05) is 24.9 Å². The van der Waals surface area contributed by atoms with Crippen LogP contribution in [-0.4, -0.2) is 61.7 Å². The first-order chi connectivity index (χ1) is 24.8. The van der Waals surface area contributed by atoms with Gasteiger partial charge in [-0.2, -0.15) is 35.1 Å². The van der Waals surface area contributed by atoms with E-state index in [1.54, 1.807) is 0 Å². The van der Waals surface area contributed by atoms with Crippen LogP contribution in [0, 0.1) is 22.7 Å². The molecule has 302 valence electrons. The predicted octanol–water partition coefficient (Wildman–Crippen LogP) is 9.58. The molecule has 4 rings (SSSR count). The van der Waals surface area contributed by atoms with Crippen LogP contribution in [0.1, 0.15) is 109 Å². The Hall–Kier alpha value is -3.28. The Morgan fingerprint density at radius 2 is 0.944 bits per heavy atom. The highest BCUT2D eigenvalue weighted by molar-refractivity contribution is 7.17. The molecule has 0 aliphatic heterocycles. The average Bonchev–Trinajstić information content (AvgIpc) is 3.66. The molecular formula is C36H44F8N2O6S2. The van der Waals surface area contributed by atoms with Gasteiger partial charge in [-0.1, -0.05) is 54.4 Å². The van der Waals surface area contributed by atoms with E-state index in [-0.39, 0.29) is 35.5 Å². The predicted molar refractivity (Wildman–Crippen MR) is 188 cm³/mol. The lowest BCUT2D eigenvalue weighted by molar-refractivity contribution is -0.345. The van der Waals surface area contributed by atoms with Gasteiger partial charge in [0, 0.05) is 9.75 Å². The summed E-state index contributed by atoms with van der Waals surface area (Å²) in [7, 11) is 1.87. The van der Waals surface area contributed by atoms with Gasteiger partial charge in [0.15, 0.2) is 0 Å². The van der Waals surface area contributed by atoms with E-state index in [9.17, 15) is 19.2 Å². The largest absolute Gasteiger partial charge is 0.465 e. The van der Waals surface area contributed by atoms with Gasteiger partial charge in [-0.15, -0.1) is 22.7 Å². The monoisotopic (exact) mass is 816 g/mol. The third-order valence-electron chi connectivity index (χ3n) is 11.5. The first-order valence-electron chi connectivity index (χ1n) is 17.4. The van der Waals surface area contributed by atoms with Crippen LogP contribution in [0.15, 0.2) is 0 Å². The van der Waals surface area contributed by atoms with Gasteiger partial charge < -0.3 is 20.1 Å². The van der Waals surface area contributed by atoms with Crippen molar-refractivity contribution in [3.63, 3.8) is 0 Å². The molecule has 0 aromatic carbocycles. The quantitative estimate of drug-likeness (QED) is 0.154. The minimum Gasteiger partial charge on any atom is -0.465 e. The second kappa shape index (κ2) is 15.0. The molecule has 0 spiro atoms. The SMILES string of the molecule is CCC(C)(C)C1CCc2c(sc(NC(=O)C(F)(F)C(F)(F)C(F)(F)C(F)(F)C(=O)Nc3sc4c(c3C(=O)OC)CCC(C(C)(C)CC)C4)c2C(=O)OC)C1. The number of methoxy groups -OCH3 is 2. The van der Waals surface area contributed by atoms with E-state index in [1.165, 1.54) is 10.6 Å². The summed E-state index contributed by atoms with van der Waals surface area (Å²) in [6.07, 6.45) is 3.64. The van der Waals surface area contributed by atoms with Gasteiger partial charge in [-0.25, -0.2) is 9.59 Å². The molecule has 54 heavy (non-hydrogen) atoms. The Balaban J connectivity index is 1.64. The van der Waals surface area contributed by atoms with Gasteiger partial charge in [0.05, 0.1) is 25.3 Å². The Kier molecular flexibility index (Phi) is 12.1. The summed E-state index contributed by atoms with van der Waals surface area (Å²) in [6.45, 7) is 11.9. The maximum atomic E-state index is 15.2. The molecular weight excluding hydrogens is 773 g/mol. The van der Waals surface area contributed by atoms with Gasteiger partial charge in [-0.05, 0) is 72.3 Å². The number of hydrogen-bond donors (Lipinski definition) is 2. The zero-order valence-corrected chi connectivity index (χ0v) is 32.7. The van der Waals surface area contributed by atoms with Crippen LogP contribution in [0.5, 0.6) is 0 Å². The summed E-state index contributed by atoms with van der Waals surface area (Å²) in [6, 6.07) is 0. The molecule has 18 heteroatoms. The fraction of sp³-hybridized carbons (Fsp3) is 0.667. The van der Waals surface area contributed by atoms with Crippen molar-refractivity contribution in [3.8, 4) is 0 Å². The Bertz CT molecular complexity index is 1670. The van der Waals surface area contributed by atoms with E-state index in [2.05, 4.69) is 0 Å². The second-order valence-corrected chi connectivity index (χ2v) is 17.4. The number of amides is 2. The van der Waals surface area contributed by atoms with E-state index in [1.807, 2.05) is 41.5 Å². The highest BCUT2D eigenvalue weighted by atomic mass is 32.1. The van der Waals surface area contributed by atoms with Gasteiger partial charge in [-0.3, -0.25) is 9.59 Å². The molecule has 2 heterocycles. The summed E-state index contributed by atoms with van der Waals surface area (Å²) < 4.78 is 131. The number of rotatable bonds is 13. The van der Waals surface area contributed by atoms with E-state index >= 15 is 35.1 Å². The number of carbonyl (C=O) groups excluding carboxylic acids is 4. The van der Waals surface area contributed by atoms with E-state index in [0.29, 0.717) is 69.2 Å². The van der Waals surface area contributed by atoms with Crippen LogP contribution in [0.4, 0.5) is 45.1 Å². The Labute approximate surface area is 315 Å². The number of halogens is 8. The molecule has 8 nitrogen and oxygen atoms in total. The van der Waals surface area contributed by atoms with Crippen molar-refractivity contribution < 1.29 is 63.8 Å². The van der Waals surface area contributed by atoms with Gasteiger partial charge in [0.1, 0.15) is 10.0 Å². The average molecular weight is 817 g/mol. The van der Waals surface area contributed by atoms with E-state index < -0.39 is 68.6 Å². The van der Waals surface area contributed by atoms with Gasteiger partial charge >= 0.3 is 47.4 Å². The minimum absolute atomic E-state index is 0.0361.